The Morgan fingerprint density at radius 1 is 1.07 bits per heavy atom. The number of rotatable bonds is 8. The summed E-state index contributed by atoms with van der Waals surface area (Å²) in [7, 11) is 0. The van der Waals surface area contributed by atoms with Crippen LogP contribution in [0.2, 0.25) is 0 Å². The minimum Gasteiger partial charge on any atom is -0.325 e. The van der Waals surface area contributed by atoms with Gasteiger partial charge in [0.15, 0.2) is 10.9 Å². The Balaban J connectivity index is 1.54. The smallest absolute Gasteiger partial charge is 0.278 e. The van der Waals surface area contributed by atoms with Gasteiger partial charge in [-0.15, -0.1) is 10.2 Å². The molecule has 0 bridgehead atoms. The quantitative estimate of drug-likeness (QED) is 0.566. The number of hydrogen-bond acceptors (Lipinski definition) is 5. The molecule has 1 aromatic heterocycles. The van der Waals surface area contributed by atoms with Crippen molar-refractivity contribution in [3.8, 4) is 11.3 Å². The summed E-state index contributed by atoms with van der Waals surface area (Å²) in [5.74, 6) is -0.0338. The second-order valence-corrected chi connectivity index (χ2v) is 7.28. The first-order chi connectivity index (χ1) is 13.7. The van der Waals surface area contributed by atoms with E-state index < -0.39 is 0 Å². The molecule has 28 heavy (non-hydrogen) atoms. The van der Waals surface area contributed by atoms with E-state index in [-0.39, 0.29) is 22.9 Å². The minimum atomic E-state index is -0.327. The molecule has 0 fully saturated rings. The van der Waals surface area contributed by atoms with Crippen LogP contribution in [0.25, 0.3) is 11.3 Å². The Kier molecular flexibility index (Phi) is 6.97. The van der Waals surface area contributed by atoms with Crippen LogP contribution in [0.4, 0.5) is 5.69 Å². The Morgan fingerprint density at radius 2 is 1.82 bits per heavy atom. The summed E-state index contributed by atoms with van der Waals surface area (Å²) in [5.41, 5.74) is 2.66. The summed E-state index contributed by atoms with van der Waals surface area (Å²) in [4.78, 5) is 27.0. The van der Waals surface area contributed by atoms with Crippen molar-refractivity contribution in [1.29, 1.82) is 0 Å². The summed E-state index contributed by atoms with van der Waals surface area (Å²) in [6.45, 7) is 2.17. The lowest BCUT2D eigenvalue weighted by Crippen LogP contribution is -2.17. The van der Waals surface area contributed by atoms with Crippen LogP contribution in [-0.2, 0) is 11.2 Å². The molecule has 2 N–H and O–H groups in total. The van der Waals surface area contributed by atoms with Crippen molar-refractivity contribution in [3.63, 3.8) is 0 Å². The first-order valence-corrected chi connectivity index (χ1v) is 10.2. The summed E-state index contributed by atoms with van der Waals surface area (Å²) in [6, 6.07) is 17.0. The maximum absolute atomic E-state index is 12.2. The molecule has 1 heterocycles. The van der Waals surface area contributed by atoms with Gasteiger partial charge in [-0.25, -0.2) is 0 Å². The van der Waals surface area contributed by atoms with Crippen molar-refractivity contribution in [2.24, 2.45) is 0 Å². The number of amides is 1. The fraction of sp³-hybridized carbons (Fsp3) is 0.238. The van der Waals surface area contributed by atoms with Gasteiger partial charge in [0.2, 0.25) is 5.91 Å². The summed E-state index contributed by atoms with van der Waals surface area (Å²) < 4.78 is 0. The second kappa shape index (κ2) is 9.85. The van der Waals surface area contributed by atoms with E-state index in [9.17, 15) is 9.59 Å². The zero-order valence-corrected chi connectivity index (χ0v) is 16.5. The van der Waals surface area contributed by atoms with Crippen molar-refractivity contribution >= 4 is 23.4 Å². The van der Waals surface area contributed by atoms with Crippen LogP contribution in [0, 0.1) is 0 Å². The molecule has 3 rings (SSSR count). The third-order valence-electron chi connectivity index (χ3n) is 4.12. The van der Waals surface area contributed by atoms with Gasteiger partial charge in [-0.1, -0.05) is 67.6 Å². The number of anilines is 1. The molecule has 2 aromatic carbocycles. The summed E-state index contributed by atoms with van der Waals surface area (Å²) >= 11 is 1.14. The molecule has 3 aromatic rings. The van der Waals surface area contributed by atoms with E-state index in [0.717, 1.165) is 36.7 Å². The first kappa shape index (κ1) is 19.8. The lowest BCUT2D eigenvalue weighted by atomic mass is 10.1. The number of hydrogen-bond donors (Lipinski definition) is 2. The molecule has 6 nitrogen and oxygen atoms in total. The number of H-pyrrole nitrogens is 1. The van der Waals surface area contributed by atoms with Crippen LogP contribution in [0.3, 0.4) is 0 Å². The standard InChI is InChI=1S/C21H22N4O2S/c1-2-3-7-15-10-12-17(13-11-15)22-18(26)14-28-21-23-20(27)19(24-25-21)16-8-5-4-6-9-16/h4-6,8-13H,2-3,7,14H2,1H3,(H,22,26)(H,23,25,27). The lowest BCUT2D eigenvalue weighted by molar-refractivity contribution is -0.113. The molecule has 0 aliphatic heterocycles. The van der Waals surface area contributed by atoms with Crippen LogP contribution in [-0.4, -0.2) is 26.8 Å². The minimum absolute atomic E-state index is 0.132. The van der Waals surface area contributed by atoms with Gasteiger partial charge in [-0.3, -0.25) is 14.6 Å². The number of benzene rings is 2. The molecule has 0 saturated heterocycles. The number of nitrogens with zero attached hydrogens (tertiary/aromatic N) is 2. The molecule has 0 spiro atoms. The van der Waals surface area contributed by atoms with Crippen LogP contribution >= 0.6 is 11.8 Å². The highest BCUT2D eigenvalue weighted by molar-refractivity contribution is 7.99. The Morgan fingerprint density at radius 3 is 2.50 bits per heavy atom. The largest absolute Gasteiger partial charge is 0.325 e. The number of carbonyl (C=O) groups excluding carboxylic acids is 1. The molecule has 7 heteroatoms. The third-order valence-corrected chi connectivity index (χ3v) is 4.98. The van der Waals surface area contributed by atoms with Gasteiger partial charge in [0.25, 0.3) is 5.56 Å². The van der Waals surface area contributed by atoms with Gasteiger partial charge < -0.3 is 5.32 Å². The predicted octanol–water partition coefficient (Wildman–Crippen LogP) is 3.91. The fourth-order valence-corrected chi connectivity index (χ4v) is 3.24. The molecule has 0 aliphatic carbocycles. The summed E-state index contributed by atoms with van der Waals surface area (Å²) in [5, 5.41) is 11.2. The fourth-order valence-electron chi connectivity index (χ4n) is 2.64. The maximum atomic E-state index is 12.2. The van der Waals surface area contributed by atoms with Crippen molar-refractivity contribution in [2.45, 2.75) is 31.3 Å². The lowest BCUT2D eigenvalue weighted by Gasteiger charge is -2.06. The average Bonchev–Trinajstić information content (AvgIpc) is 2.72. The zero-order chi connectivity index (χ0) is 19.8. The van der Waals surface area contributed by atoms with E-state index in [2.05, 4.69) is 27.4 Å². The maximum Gasteiger partial charge on any atom is 0.278 e. The van der Waals surface area contributed by atoms with Gasteiger partial charge in [0.05, 0.1) is 5.75 Å². The zero-order valence-electron chi connectivity index (χ0n) is 15.6. The van der Waals surface area contributed by atoms with E-state index in [1.165, 1.54) is 5.56 Å². The highest BCUT2D eigenvalue weighted by Gasteiger charge is 2.09. The van der Waals surface area contributed by atoms with Crippen LogP contribution in [0.5, 0.6) is 0 Å². The molecule has 0 radical (unpaired) electrons. The number of aryl methyl sites for hydroxylation is 1. The Bertz CT molecular complexity index is 972. The molecular weight excluding hydrogens is 372 g/mol. The van der Waals surface area contributed by atoms with Crippen molar-refractivity contribution in [1.82, 2.24) is 15.2 Å². The third kappa shape index (κ3) is 5.53. The van der Waals surface area contributed by atoms with Crippen molar-refractivity contribution in [2.75, 3.05) is 11.1 Å². The highest BCUT2D eigenvalue weighted by Crippen LogP contribution is 2.16. The first-order valence-electron chi connectivity index (χ1n) is 9.19. The number of carbonyl (C=O) groups is 1. The number of unbranched alkanes of at least 4 members (excludes halogenated alkanes) is 1. The molecular formula is C21H22N4O2S. The molecule has 1 amide bonds. The second-order valence-electron chi connectivity index (χ2n) is 6.31. The van der Waals surface area contributed by atoms with Gasteiger partial charge in [-0.05, 0) is 30.5 Å². The predicted molar refractivity (Wildman–Crippen MR) is 112 cm³/mol. The highest BCUT2D eigenvalue weighted by atomic mass is 32.2. The van der Waals surface area contributed by atoms with Crippen molar-refractivity contribution in [3.05, 3.63) is 70.5 Å². The van der Waals surface area contributed by atoms with Gasteiger partial charge in [0.1, 0.15) is 0 Å². The Labute approximate surface area is 167 Å². The van der Waals surface area contributed by atoms with Crippen LogP contribution in [0.1, 0.15) is 25.3 Å². The van der Waals surface area contributed by atoms with E-state index in [1.807, 2.05) is 42.5 Å². The normalized spacial score (nSPS) is 10.6. The number of aromatic nitrogens is 3. The van der Waals surface area contributed by atoms with Gasteiger partial charge >= 0.3 is 0 Å². The summed E-state index contributed by atoms with van der Waals surface area (Å²) in [6.07, 6.45) is 3.36. The number of thioether (sulfide) groups is 1. The monoisotopic (exact) mass is 394 g/mol. The Hall–Kier alpha value is -2.93. The molecule has 0 unspecified atom stereocenters. The molecule has 0 atom stereocenters. The van der Waals surface area contributed by atoms with Gasteiger partial charge in [0, 0.05) is 11.3 Å². The number of nitrogens with one attached hydrogen (secondary N) is 2. The SMILES string of the molecule is CCCCc1ccc(NC(=O)CSc2nnc(-c3ccccc3)c(=O)[nH]2)cc1. The molecule has 144 valence electrons. The number of aromatic amines is 1. The topological polar surface area (TPSA) is 87.7 Å². The van der Waals surface area contributed by atoms with Crippen LogP contribution in [0.15, 0.2) is 64.5 Å². The van der Waals surface area contributed by atoms with E-state index in [1.54, 1.807) is 12.1 Å². The van der Waals surface area contributed by atoms with E-state index in [0.29, 0.717) is 10.7 Å². The van der Waals surface area contributed by atoms with Gasteiger partial charge in [-0.2, -0.15) is 0 Å². The van der Waals surface area contributed by atoms with Crippen LogP contribution < -0.4 is 10.9 Å². The van der Waals surface area contributed by atoms with E-state index >= 15 is 0 Å². The van der Waals surface area contributed by atoms with E-state index in [4.69, 9.17) is 0 Å². The molecule has 0 aliphatic rings. The van der Waals surface area contributed by atoms with Crippen molar-refractivity contribution < 1.29 is 4.79 Å². The molecule has 0 saturated carbocycles. The average molecular weight is 395 g/mol.